The molecule has 0 aliphatic carbocycles. The van der Waals surface area contributed by atoms with E-state index in [1.807, 2.05) is 30.3 Å². The van der Waals surface area contributed by atoms with Crippen LogP contribution in [0.3, 0.4) is 0 Å². The molecule has 2 aromatic carbocycles. The fourth-order valence-electron chi connectivity index (χ4n) is 3.20. The van der Waals surface area contributed by atoms with Crippen molar-refractivity contribution in [1.29, 1.82) is 0 Å². The van der Waals surface area contributed by atoms with Crippen molar-refractivity contribution in [2.45, 2.75) is 13.0 Å². The summed E-state index contributed by atoms with van der Waals surface area (Å²) in [7, 11) is 0. The minimum absolute atomic E-state index is 0.0687. The number of carboxylic acids is 1. The number of aryl methyl sites for hydroxylation is 1. The number of carboxylic acid groups (broad SMARTS) is 1. The summed E-state index contributed by atoms with van der Waals surface area (Å²) < 4.78 is 1.55. The zero-order chi connectivity index (χ0) is 22.0. The van der Waals surface area contributed by atoms with Crippen molar-refractivity contribution in [3.63, 3.8) is 0 Å². The van der Waals surface area contributed by atoms with E-state index in [0.717, 1.165) is 5.56 Å². The molecule has 2 heterocycles. The second-order valence-electron chi connectivity index (χ2n) is 6.81. The fourth-order valence-corrected chi connectivity index (χ4v) is 3.63. The van der Waals surface area contributed by atoms with Crippen molar-refractivity contribution in [1.82, 2.24) is 15.1 Å². The lowest BCUT2D eigenvalue weighted by Crippen LogP contribution is -2.30. The highest BCUT2D eigenvalue weighted by atomic mass is 35.5. The van der Waals surface area contributed by atoms with E-state index in [-0.39, 0.29) is 24.0 Å². The molecule has 0 atom stereocenters. The third kappa shape index (κ3) is 4.50. The van der Waals surface area contributed by atoms with Gasteiger partial charge in [-0.05, 0) is 42.6 Å². The van der Waals surface area contributed by atoms with E-state index in [4.69, 9.17) is 28.9 Å². The number of nitrogens with one attached hydrogen (secondary N) is 1. The van der Waals surface area contributed by atoms with Crippen LogP contribution in [0.5, 0.6) is 0 Å². The number of rotatable bonds is 6. The van der Waals surface area contributed by atoms with Crippen LogP contribution in [-0.2, 0) is 16.1 Å². The van der Waals surface area contributed by atoms with Crippen LogP contribution in [0.25, 0.3) is 17.3 Å². The number of carbonyl (C=O) groups is 2. The number of carbonyl (C=O) groups excluding carboxylic acids is 1. The molecule has 2 N–H and O–H groups in total. The Morgan fingerprint density at radius 2 is 1.87 bits per heavy atom. The van der Waals surface area contributed by atoms with Gasteiger partial charge >= 0.3 is 5.97 Å². The third-order valence-electron chi connectivity index (χ3n) is 4.65. The molecule has 3 aromatic rings. The molecule has 1 aliphatic heterocycles. The molecule has 0 radical (unpaired) electrons. The first-order valence-corrected chi connectivity index (χ1v) is 10.2. The number of hydrogen-bond acceptors (Lipinski definition) is 4. The molecule has 1 saturated heterocycles. The van der Waals surface area contributed by atoms with Crippen LogP contribution in [0.15, 0.2) is 66.5 Å². The van der Waals surface area contributed by atoms with Gasteiger partial charge in [0.05, 0.1) is 24.3 Å². The number of halogens is 1. The summed E-state index contributed by atoms with van der Waals surface area (Å²) in [5.74, 6) is -1.20. The molecule has 0 bridgehead atoms. The molecule has 1 amide bonds. The van der Waals surface area contributed by atoms with Crippen LogP contribution >= 0.6 is 23.8 Å². The maximum absolute atomic E-state index is 13.0. The molecule has 0 spiro atoms. The highest BCUT2D eigenvalue weighted by Crippen LogP contribution is 2.28. The van der Waals surface area contributed by atoms with Gasteiger partial charge in [-0.3, -0.25) is 19.2 Å². The van der Waals surface area contributed by atoms with Gasteiger partial charge in [0, 0.05) is 22.3 Å². The minimum atomic E-state index is -0.917. The Kier molecular flexibility index (Phi) is 5.83. The van der Waals surface area contributed by atoms with Gasteiger partial charge in [0.15, 0.2) is 5.11 Å². The Labute approximate surface area is 188 Å². The lowest BCUT2D eigenvalue weighted by Gasteiger charge is -2.13. The van der Waals surface area contributed by atoms with E-state index >= 15 is 0 Å². The van der Waals surface area contributed by atoms with Crippen LogP contribution in [0.2, 0.25) is 5.02 Å². The highest BCUT2D eigenvalue weighted by molar-refractivity contribution is 7.80. The van der Waals surface area contributed by atoms with Crippen molar-refractivity contribution >= 4 is 52.6 Å². The Morgan fingerprint density at radius 3 is 2.55 bits per heavy atom. The third-order valence-corrected chi connectivity index (χ3v) is 5.19. The average molecular weight is 453 g/mol. The molecular formula is C22H17ClN4O3S. The summed E-state index contributed by atoms with van der Waals surface area (Å²) in [5.41, 5.74) is 3.03. The van der Waals surface area contributed by atoms with Gasteiger partial charge in [-0.15, -0.1) is 0 Å². The van der Waals surface area contributed by atoms with E-state index in [9.17, 15) is 9.59 Å². The van der Waals surface area contributed by atoms with Crippen molar-refractivity contribution in [2.24, 2.45) is 0 Å². The smallest absolute Gasteiger partial charge is 0.305 e. The predicted octanol–water partition coefficient (Wildman–Crippen LogP) is 3.94. The highest BCUT2D eigenvalue weighted by Gasteiger charge is 2.32. The van der Waals surface area contributed by atoms with Gasteiger partial charge in [0.1, 0.15) is 5.70 Å². The second kappa shape index (κ2) is 8.71. The summed E-state index contributed by atoms with van der Waals surface area (Å²) in [6, 6.07) is 16.3. The van der Waals surface area contributed by atoms with Crippen LogP contribution in [-0.4, -0.2) is 31.9 Å². The number of nitrogens with zero attached hydrogens (tertiary/aromatic N) is 3. The summed E-state index contributed by atoms with van der Waals surface area (Å²) in [6.07, 6.45) is 3.32. The molecule has 0 saturated carbocycles. The van der Waals surface area contributed by atoms with Crippen molar-refractivity contribution in [2.75, 3.05) is 4.90 Å². The molecule has 0 unspecified atom stereocenters. The average Bonchev–Trinajstić information content (AvgIpc) is 3.28. The van der Waals surface area contributed by atoms with Gasteiger partial charge < -0.3 is 10.4 Å². The van der Waals surface area contributed by atoms with Crippen LogP contribution < -0.4 is 10.2 Å². The molecule has 1 aromatic heterocycles. The number of benzene rings is 2. The topological polar surface area (TPSA) is 87.5 Å². The molecule has 9 heteroatoms. The van der Waals surface area contributed by atoms with Crippen LogP contribution in [0.1, 0.15) is 12.0 Å². The summed E-state index contributed by atoms with van der Waals surface area (Å²) >= 11 is 11.4. The van der Waals surface area contributed by atoms with E-state index in [0.29, 0.717) is 27.7 Å². The normalized spacial score (nSPS) is 14.9. The van der Waals surface area contributed by atoms with E-state index in [2.05, 4.69) is 10.4 Å². The Bertz CT molecular complexity index is 1190. The first kappa shape index (κ1) is 20.8. The SMILES string of the molecule is O=C(O)CCn1cc(/C=C2/NC(=S)N(c3ccccc3)C2=O)c(-c2ccc(Cl)cc2)n1. The Balaban J connectivity index is 1.71. The number of amides is 1. The minimum Gasteiger partial charge on any atom is -0.481 e. The maximum atomic E-state index is 13.0. The van der Waals surface area contributed by atoms with Gasteiger partial charge in [-0.1, -0.05) is 41.9 Å². The van der Waals surface area contributed by atoms with E-state index in [1.165, 1.54) is 4.90 Å². The Hall–Kier alpha value is -3.49. The van der Waals surface area contributed by atoms with Crippen molar-refractivity contribution < 1.29 is 14.7 Å². The van der Waals surface area contributed by atoms with Crippen LogP contribution in [0.4, 0.5) is 5.69 Å². The van der Waals surface area contributed by atoms with Gasteiger partial charge in [-0.2, -0.15) is 5.10 Å². The lowest BCUT2D eigenvalue weighted by molar-refractivity contribution is -0.137. The summed E-state index contributed by atoms with van der Waals surface area (Å²) in [5, 5.41) is 17.4. The summed E-state index contributed by atoms with van der Waals surface area (Å²) in [6.45, 7) is 0.203. The predicted molar refractivity (Wildman–Crippen MR) is 123 cm³/mol. The number of thiocarbonyl (C=S) groups is 1. The fraction of sp³-hybridized carbons (Fsp3) is 0.0909. The number of aromatic nitrogens is 2. The number of aliphatic carboxylic acids is 1. The molecule has 4 rings (SSSR count). The van der Waals surface area contributed by atoms with Crippen molar-refractivity contribution in [3.8, 4) is 11.3 Å². The van der Waals surface area contributed by atoms with Gasteiger partial charge in [0.2, 0.25) is 0 Å². The molecule has 156 valence electrons. The standard InChI is InChI=1S/C22H17ClN4O3S/c23-16-8-6-14(7-9-16)20-15(13-26(25-20)11-10-19(28)29)12-18-21(30)27(22(31)24-18)17-4-2-1-3-5-17/h1-9,12-13H,10-11H2,(H,24,31)(H,28,29)/b18-12+. The zero-order valence-electron chi connectivity index (χ0n) is 16.2. The molecule has 31 heavy (non-hydrogen) atoms. The summed E-state index contributed by atoms with van der Waals surface area (Å²) in [4.78, 5) is 25.4. The number of anilines is 1. The first-order chi connectivity index (χ1) is 14.9. The largest absolute Gasteiger partial charge is 0.481 e. The van der Waals surface area contributed by atoms with Gasteiger partial charge in [-0.25, -0.2) is 0 Å². The molecular weight excluding hydrogens is 436 g/mol. The van der Waals surface area contributed by atoms with E-state index in [1.54, 1.807) is 41.2 Å². The Morgan fingerprint density at radius 1 is 1.16 bits per heavy atom. The van der Waals surface area contributed by atoms with Gasteiger partial charge in [0.25, 0.3) is 5.91 Å². The maximum Gasteiger partial charge on any atom is 0.305 e. The van der Waals surface area contributed by atoms with Crippen LogP contribution in [0, 0.1) is 0 Å². The quantitative estimate of drug-likeness (QED) is 0.435. The van der Waals surface area contributed by atoms with Crippen molar-refractivity contribution in [3.05, 3.63) is 77.1 Å². The first-order valence-electron chi connectivity index (χ1n) is 9.40. The number of hydrogen-bond donors (Lipinski definition) is 2. The zero-order valence-corrected chi connectivity index (χ0v) is 17.7. The molecule has 7 nitrogen and oxygen atoms in total. The molecule has 1 fully saturated rings. The lowest BCUT2D eigenvalue weighted by atomic mass is 10.1. The second-order valence-corrected chi connectivity index (χ2v) is 7.63. The number of para-hydroxylation sites is 1. The van der Waals surface area contributed by atoms with E-state index < -0.39 is 5.97 Å². The monoisotopic (exact) mass is 452 g/mol. The molecule has 1 aliphatic rings.